The summed E-state index contributed by atoms with van der Waals surface area (Å²) >= 11 is 0. The summed E-state index contributed by atoms with van der Waals surface area (Å²) in [5.41, 5.74) is 2.95. The number of rotatable bonds is 6. The molecule has 1 N–H and O–H groups in total. The molecule has 2 aromatic heterocycles. The van der Waals surface area contributed by atoms with Crippen molar-refractivity contribution in [3.8, 4) is 0 Å². The molecule has 1 unspecified atom stereocenters. The lowest BCUT2D eigenvalue weighted by Gasteiger charge is -2.22. The molecule has 3 rings (SSSR count). The first-order chi connectivity index (χ1) is 15.5. The molecule has 7 heteroatoms. The number of nitrogens with zero attached hydrogens (tertiary/aromatic N) is 2. The molecule has 0 aliphatic carbocycles. The van der Waals surface area contributed by atoms with Gasteiger partial charge in [0.15, 0.2) is 0 Å². The highest BCUT2D eigenvalue weighted by atomic mass is 16.5. The zero-order valence-corrected chi connectivity index (χ0v) is 20.0. The summed E-state index contributed by atoms with van der Waals surface area (Å²) in [5.74, 6) is -1.10. The third-order valence-electron chi connectivity index (χ3n) is 5.52. The summed E-state index contributed by atoms with van der Waals surface area (Å²) in [6.07, 6.45) is 0. The molecule has 7 nitrogen and oxygen atoms in total. The summed E-state index contributed by atoms with van der Waals surface area (Å²) < 4.78 is 6.92. The minimum atomic E-state index is -0.830. The zero-order valence-electron chi connectivity index (χ0n) is 20.0. The topological polar surface area (TPSA) is 89.8 Å². The van der Waals surface area contributed by atoms with Crippen LogP contribution in [0.15, 0.2) is 53.3 Å². The molecule has 0 spiro atoms. The maximum absolute atomic E-state index is 12.8. The van der Waals surface area contributed by atoms with Crippen molar-refractivity contribution < 1.29 is 14.3 Å². The summed E-state index contributed by atoms with van der Waals surface area (Å²) in [6, 6.07) is 13.2. The number of nitrogens with one attached hydrogen (secondary N) is 1. The van der Waals surface area contributed by atoms with E-state index in [4.69, 9.17) is 4.74 Å². The number of carbonyl (C=O) groups is 2. The van der Waals surface area contributed by atoms with Crippen LogP contribution < -0.4 is 10.9 Å². The molecule has 0 saturated heterocycles. The molecule has 0 aliphatic heterocycles. The summed E-state index contributed by atoms with van der Waals surface area (Å²) in [5, 5.41) is 2.78. The third-order valence-corrected chi connectivity index (χ3v) is 5.52. The minimum Gasteiger partial charge on any atom is -0.458 e. The predicted molar refractivity (Wildman–Crippen MR) is 127 cm³/mol. The van der Waals surface area contributed by atoms with Crippen molar-refractivity contribution in [1.29, 1.82) is 0 Å². The zero-order chi connectivity index (χ0) is 24.3. The number of hydrogen-bond acceptors (Lipinski definition) is 5. The largest absolute Gasteiger partial charge is 0.458 e. The quantitative estimate of drug-likeness (QED) is 0.578. The van der Waals surface area contributed by atoms with E-state index in [1.807, 2.05) is 45.0 Å². The number of ether oxygens (including phenoxy) is 1. The molecule has 33 heavy (non-hydrogen) atoms. The van der Waals surface area contributed by atoms with Gasteiger partial charge < -0.3 is 10.1 Å². The number of carbonyl (C=O) groups excluding carboxylic acids is 2. The lowest BCUT2D eigenvalue weighted by atomic mass is 9.86. The van der Waals surface area contributed by atoms with Crippen LogP contribution in [0.4, 0.5) is 0 Å². The molecular weight excluding hydrogens is 418 g/mol. The number of hydrogen-bond donors (Lipinski definition) is 1. The molecule has 1 aromatic carbocycles. The Balaban J connectivity index is 1.70. The van der Waals surface area contributed by atoms with Crippen molar-refractivity contribution in [1.82, 2.24) is 14.7 Å². The second-order valence-corrected chi connectivity index (χ2v) is 9.58. The van der Waals surface area contributed by atoms with E-state index in [1.165, 1.54) is 10.5 Å². The van der Waals surface area contributed by atoms with Gasteiger partial charge in [-0.05, 0) is 48.1 Å². The first kappa shape index (κ1) is 24.2. The second-order valence-electron chi connectivity index (χ2n) is 9.58. The van der Waals surface area contributed by atoms with Gasteiger partial charge in [-0.15, -0.1) is 0 Å². The summed E-state index contributed by atoms with van der Waals surface area (Å²) in [7, 11) is 0. The Morgan fingerprint density at radius 2 is 1.76 bits per heavy atom. The number of aromatic nitrogens is 2. The molecule has 0 aliphatic rings. The molecule has 174 valence electrons. The van der Waals surface area contributed by atoms with E-state index in [1.54, 1.807) is 18.2 Å². The standard InChI is InChI=1S/C26H31N3O4/c1-16(2)23(28-24(31)18-10-12-19(13-11-18)26(4,5)6)25(32)33-15-20-14-22(30)29-17(3)8-7-9-21(29)27-20/h7-14,16,23H,15H2,1-6H3,(H,28,31). The van der Waals surface area contributed by atoms with Gasteiger partial charge in [-0.1, -0.05) is 52.8 Å². The molecule has 0 fully saturated rings. The van der Waals surface area contributed by atoms with Gasteiger partial charge in [-0.3, -0.25) is 14.0 Å². The Morgan fingerprint density at radius 3 is 2.36 bits per heavy atom. The fourth-order valence-corrected chi connectivity index (χ4v) is 3.52. The molecule has 3 aromatic rings. The lowest BCUT2D eigenvalue weighted by molar-refractivity contribution is -0.148. The maximum atomic E-state index is 12.8. The van der Waals surface area contributed by atoms with Crippen LogP contribution >= 0.6 is 0 Å². The van der Waals surface area contributed by atoms with E-state index in [0.717, 1.165) is 11.3 Å². The number of fused-ring (bicyclic) bond motifs is 1. The van der Waals surface area contributed by atoms with Gasteiger partial charge in [0.25, 0.3) is 11.5 Å². The Kier molecular flexibility index (Phi) is 7.01. The van der Waals surface area contributed by atoms with Gasteiger partial charge in [0.2, 0.25) is 0 Å². The fourth-order valence-electron chi connectivity index (χ4n) is 3.52. The molecule has 1 atom stereocenters. The van der Waals surface area contributed by atoms with Crippen LogP contribution in [0.3, 0.4) is 0 Å². The summed E-state index contributed by atoms with van der Waals surface area (Å²) in [4.78, 5) is 42.3. The minimum absolute atomic E-state index is 0.0166. The van der Waals surface area contributed by atoms with E-state index >= 15 is 0 Å². The highest BCUT2D eigenvalue weighted by Crippen LogP contribution is 2.22. The smallest absolute Gasteiger partial charge is 0.329 e. The van der Waals surface area contributed by atoms with Crippen LogP contribution in [0.5, 0.6) is 0 Å². The molecule has 1 amide bonds. The first-order valence-electron chi connectivity index (χ1n) is 11.0. The first-order valence-corrected chi connectivity index (χ1v) is 11.0. The van der Waals surface area contributed by atoms with Gasteiger partial charge >= 0.3 is 5.97 Å². The van der Waals surface area contributed by atoms with Crippen molar-refractivity contribution in [2.24, 2.45) is 5.92 Å². The third kappa shape index (κ3) is 5.66. The molecule has 0 radical (unpaired) electrons. The number of pyridine rings is 1. The van der Waals surface area contributed by atoms with Gasteiger partial charge in [0.05, 0.1) is 5.69 Å². The molecular formula is C26H31N3O4. The Hall–Kier alpha value is -3.48. The van der Waals surface area contributed by atoms with E-state index < -0.39 is 12.0 Å². The number of aryl methyl sites for hydroxylation is 1. The van der Waals surface area contributed by atoms with Crippen molar-refractivity contribution in [2.75, 3.05) is 0 Å². The molecule has 2 heterocycles. The van der Waals surface area contributed by atoms with E-state index in [2.05, 4.69) is 31.1 Å². The Morgan fingerprint density at radius 1 is 1.09 bits per heavy atom. The summed E-state index contributed by atoms with van der Waals surface area (Å²) in [6.45, 7) is 11.6. The van der Waals surface area contributed by atoms with Gasteiger partial charge in [-0.25, -0.2) is 9.78 Å². The van der Waals surface area contributed by atoms with E-state index in [9.17, 15) is 14.4 Å². The normalized spacial score (nSPS) is 12.6. The van der Waals surface area contributed by atoms with Gasteiger partial charge in [0.1, 0.15) is 18.3 Å². The van der Waals surface area contributed by atoms with Crippen molar-refractivity contribution >= 4 is 17.5 Å². The molecule has 0 saturated carbocycles. The van der Waals surface area contributed by atoms with Crippen LogP contribution in [-0.2, 0) is 21.6 Å². The van der Waals surface area contributed by atoms with Crippen molar-refractivity contribution in [3.63, 3.8) is 0 Å². The highest BCUT2D eigenvalue weighted by molar-refractivity contribution is 5.96. The fraction of sp³-hybridized carbons (Fsp3) is 0.385. The monoisotopic (exact) mass is 449 g/mol. The van der Waals surface area contributed by atoms with Crippen LogP contribution in [-0.4, -0.2) is 27.3 Å². The Labute approximate surface area is 193 Å². The predicted octanol–water partition coefficient (Wildman–Crippen LogP) is 3.80. The van der Waals surface area contributed by atoms with E-state index in [-0.39, 0.29) is 29.4 Å². The molecule has 0 bridgehead atoms. The number of benzene rings is 1. The average Bonchev–Trinajstić information content (AvgIpc) is 2.74. The van der Waals surface area contributed by atoms with Crippen LogP contribution in [0, 0.1) is 12.8 Å². The van der Waals surface area contributed by atoms with E-state index in [0.29, 0.717) is 16.9 Å². The number of esters is 1. The SMILES string of the molecule is Cc1cccc2nc(COC(=O)C(NC(=O)c3ccc(C(C)(C)C)cc3)C(C)C)cc(=O)n12. The van der Waals surface area contributed by atoms with Crippen LogP contribution in [0.2, 0.25) is 0 Å². The van der Waals surface area contributed by atoms with Gasteiger partial charge in [-0.2, -0.15) is 0 Å². The highest BCUT2D eigenvalue weighted by Gasteiger charge is 2.26. The second kappa shape index (κ2) is 9.57. The van der Waals surface area contributed by atoms with Crippen LogP contribution in [0.1, 0.15) is 61.9 Å². The maximum Gasteiger partial charge on any atom is 0.329 e. The van der Waals surface area contributed by atoms with Gasteiger partial charge in [0, 0.05) is 17.3 Å². The van der Waals surface area contributed by atoms with Crippen LogP contribution in [0.25, 0.3) is 5.65 Å². The van der Waals surface area contributed by atoms with Crippen molar-refractivity contribution in [3.05, 3.63) is 81.4 Å². The lowest BCUT2D eigenvalue weighted by Crippen LogP contribution is -2.45. The average molecular weight is 450 g/mol. The Bertz CT molecular complexity index is 1220. The van der Waals surface area contributed by atoms with Crippen molar-refractivity contribution in [2.45, 2.75) is 59.6 Å². The number of amides is 1.